The highest BCUT2D eigenvalue weighted by molar-refractivity contribution is 5.95. The zero-order chi connectivity index (χ0) is 20.9. The number of hydrogen-bond acceptors (Lipinski definition) is 3. The Morgan fingerprint density at radius 3 is 2.37 bits per heavy atom. The highest BCUT2D eigenvalue weighted by Crippen LogP contribution is 2.22. The number of aryl methyl sites for hydroxylation is 1. The number of hydrogen-bond donors (Lipinski definition) is 1. The van der Waals surface area contributed by atoms with Crippen molar-refractivity contribution < 1.29 is 14.3 Å². The van der Waals surface area contributed by atoms with E-state index in [2.05, 4.69) is 12.2 Å². The average Bonchev–Trinajstić information content (AvgIpc) is 3.62. The molecule has 1 heterocycles. The van der Waals surface area contributed by atoms with Crippen LogP contribution in [-0.2, 0) is 6.42 Å². The van der Waals surface area contributed by atoms with Gasteiger partial charge in [-0.1, -0.05) is 19.1 Å². The normalized spacial score (nSPS) is 18.7. The lowest BCUT2D eigenvalue weighted by atomic mass is 9.98. The highest BCUT2D eigenvalue weighted by Gasteiger charge is 2.25. The fraction of sp³-hybridized carbons (Fsp3) is 0.440. The van der Waals surface area contributed by atoms with Crippen molar-refractivity contribution in [3.8, 4) is 5.75 Å². The lowest BCUT2D eigenvalue weighted by molar-refractivity contribution is 0.0633. The van der Waals surface area contributed by atoms with Gasteiger partial charge in [0.1, 0.15) is 5.75 Å². The van der Waals surface area contributed by atoms with Gasteiger partial charge in [-0.15, -0.1) is 0 Å². The number of amides is 2. The summed E-state index contributed by atoms with van der Waals surface area (Å²) in [5.74, 6) is 1.16. The fourth-order valence-electron chi connectivity index (χ4n) is 3.86. The fourth-order valence-corrected chi connectivity index (χ4v) is 3.86. The summed E-state index contributed by atoms with van der Waals surface area (Å²) in [6.07, 6.45) is 5.19. The molecule has 5 nitrogen and oxygen atoms in total. The second-order valence-corrected chi connectivity index (χ2v) is 8.39. The van der Waals surface area contributed by atoms with Crippen LogP contribution in [0.5, 0.6) is 5.75 Å². The number of carbonyl (C=O) groups excluding carboxylic acids is 2. The summed E-state index contributed by atoms with van der Waals surface area (Å²) in [6.45, 7) is 4.21. The summed E-state index contributed by atoms with van der Waals surface area (Å²) in [7, 11) is 0. The van der Waals surface area contributed by atoms with Gasteiger partial charge in [-0.3, -0.25) is 9.59 Å². The molecule has 1 aliphatic heterocycles. The van der Waals surface area contributed by atoms with Crippen molar-refractivity contribution in [3.63, 3.8) is 0 Å². The van der Waals surface area contributed by atoms with Crippen molar-refractivity contribution >= 4 is 11.8 Å². The Balaban J connectivity index is 1.28. The molecule has 5 heteroatoms. The zero-order valence-electron chi connectivity index (χ0n) is 17.6. The Hall–Kier alpha value is -2.82. The Morgan fingerprint density at radius 1 is 1.00 bits per heavy atom. The SMILES string of the molecule is CCc1ccc(C(=O)N2CCC[C@@H](COc3ccc(C(=O)NC4CC4)cc3)C2)cc1. The number of ether oxygens (including phenoxy) is 1. The molecule has 0 radical (unpaired) electrons. The molecule has 0 aromatic heterocycles. The minimum atomic E-state index is -0.0162. The minimum absolute atomic E-state index is 0.0162. The van der Waals surface area contributed by atoms with E-state index in [0.29, 0.717) is 24.1 Å². The van der Waals surface area contributed by atoms with Crippen LogP contribution in [0, 0.1) is 5.92 Å². The number of rotatable bonds is 7. The smallest absolute Gasteiger partial charge is 0.253 e. The maximum Gasteiger partial charge on any atom is 0.253 e. The molecule has 1 N–H and O–H groups in total. The van der Waals surface area contributed by atoms with Crippen LogP contribution in [0.15, 0.2) is 48.5 Å². The first-order valence-corrected chi connectivity index (χ1v) is 11.0. The Labute approximate surface area is 178 Å². The van der Waals surface area contributed by atoms with E-state index >= 15 is 0 Å². The van der Waals surface area contributed by atoms with Gasteiger partial charge in [-0.05, 0) is 74.1 Å². The molecule has 1 saturated heterocycles. The van der Waals surface area contributed by atoms with Crippen LogP contribution in [0.25, 0.3) is 0 Å². The zero-order valence-corrected chi connectivity index (χ0v) is 17.6. The first kappa shape index (κ1) is 20.5. The third kappa shape index (κ3) is 5.21. The topological polar surface area (TPSA) is 58.6 Å². The molecule has 0 unspecified atom stereocenters. The second-order valence-electron chi connectivity index (χ2n) is 8.39. The van der Waals surface area contributed by atoms with Crippen LogP contribution in [-0.4, -0.2) is 42.5 Å². The first-order chi connectivity index (χ1) is 14.6. The van der Waals surface area contributed by atoms with Gasteiger partial charge in [0.25, 0.3) is 11.8 Å². The number of likely N-dealkylation sites (tertiary alicyclic amines) is 1. The molecule has 30 heavy (non-hydrogen) atoms. The summed E-state index contributed by atoms with van der Waals surface area (Å²) in [6, 6.07) is 15.6. The van der Waals surface area contributed by atoms with Crippen LogP contribution in [0.2, 0.25) is 0 Å². The number of nitrogens with zero attached hydrogens (tertiary/aromatic N) is 1. The lowest BCUT2D eigenvalue weighted by Crippen LogP contribution is -2.41. The van der Waals surface area contributed by atoms with Gasteiger partial charge in [-0.25, -0.2) is 0 Å². The third-order valence-corrected chi connectivity index (χ3v) is 5.93. The van der Waals surface area contributed by atoms with Gasteiger partial charge in [0.15, 0.2) is 0 Å². The second kappa shape index (κ2) is 9.33. The molecule has 2 amide bonds. The molecule has 1 atom stereocenters. The van der Waals surface area contributed by atoms with E-state index in [9.17, 15) is 9.59 Å². The summed E-state index contributed by atoms with van der Waals surface area (Å²) in [5.41, 5.74) is 2.67. The quantitative estimate of drug-likeness (QED) is 0.754. The lowest BCUT2D eigenvalue weighted by Gasteiger charge is -2.32. The van der Waals surface area contributed by atoms with Crippen molar-refractivity contribution in [2.75, 3.05) is 19.7 Å². The number of piperidine rings is 1. The van der Waals surface area contributed by atoms with Crippen LogP contribution in [0.3, 0.4) is 0 Å². The van der Waals surface area contributed by atoms with Gasteiger partial charge in [0.05, 0.1) is 6.61 Å². The molecule has 2 aromatic rings. The predicted molar refractivity (Wildman–Crippen MR) is 117 cm³/mol. The maximum atomic E-state index is 12.8. The summed E-state index contributed by atoms with van der Waals surface area (Å²) in [5, 5.41) is 2.99. The van der Waals surface area contributed by atoms with Crippen LogP contribution >= 0.6 is 0 Å². The minimum Gasteiger partial charge on any atom is -0.493 e. The van der Waals surface area contributed by atoms with Gasteiger partial charge >= 0.3 is 0 Å². The van der Waals surface area contributed by atoms with E-state index in [1.165, 1.54) is 5.56 Å². The van der Waals surface area contributed by atoms with Gasteiger partial charge in [-0.2, -0.15) is 0 Å². The predicted octanol–water partition coefficient (Wildman–Crippen LogP) is 4.07. The van der Waals surface area contributed by atoms with Crippen molar-refractivity contribution in [1.82, 2.24) is 10.2 Å². The Kier molecular flexibility index (Phi) is 6.36. The van der Waals surface area contributed by atoms with E-state index < -0.39 is 0 Å². The average molecular weight is 407 g/mol. The van der Waals surface area contributed by atoms with Crippen LogP contribution < -0.4 is 10.1 Å². The van der Waals surface area contributed by atoms with Gasteiger partial charge in [0.2, 0.25) is 0 Å². The number of benzene rings is 2. The molecule has 0 spiro atoms. The van der Waals surface area contributed by atoms with Gasteiger partial charge < -0.3 is 15.0 Å². The van der Waals surface area contributed by atoms with E-state index in [4.69, 9.17) is 4.74 Å². The molecule has 158 valence electrons. The molecular weight excluding hydrogens is 376 g/mol. The van der Waals surface area contributed by atoms with E-state index in [1.807, 2.05) is 53.4 Å². The van der Waals surface area contributed by atoms with Crippen LogP contribution in [0.4, 0.5) is 0 Å². The molecule has 4 rings (SSSR count). The van der Waals surface area contributed by atoms with E-state index in [0.717, 1.165) is 56.5 Å². The summed E-state index contributed by atoms with van der Waals surface area (Å²) in [4.78, 5) is 26.9. The summed E-state index contributed by atoms with van der Waals surface area (Å²) >= 11 is 0. The summed E-state index contributed by atoms with van der Waals surface area (Å²) < 4.78 is 5.97. The Morgan fingerprint density at radius 2 is 1.70 bits per heavy atom. The van der Waals surface area contributed by atoms with E-state index in [-0.39, 0.29) is 11.8 Å². The van der Waals surface area contributed by atoms with Crippen molar-refractivity contribution in [2.24, 2.45) is 5.92 Å². The molecule has 2 aliphatic rings. The molecule has 2 fully saturated rings. The monoisotopic (exact) mass is 406 g/mol. The standard InChI is InChI=1S/C25H30N2O3/c1-2-18-5-7-21(8-6-18)25(29)27-15-3-4-19(16-27)17-30-23-13-9-20(10-14-23)24(28)26-22-11-12-22/h5-10,13-14,19,22H,2-4,11-12,15-17H2,1H3,(H,26,28)/t19-/m1/s1. The van der Waals surface area contributed by atoms with Crippen LogP contribution in [0.1, 0.15) is 58.9 Å². The van der Waals surface area contributed by atoms with E-state index in [1.54, 1.807) is 0 Å². The Bertz CT molecular complexity index is 872. The number of carbonyl (C=O) groups is 2. The first-order valence-electron chi connectivity index (χ1n) is 11.0. The molecule has 1 saturated carbocycles. The van der Waals surface area contributed by atoms with Crippen molar-refractivity contribution in [3.05, 3.63) is 65.2 Å². The van der Waals surface area contributed by atoms with Crippen molar-refractivity contribution in [2.45, 2.75) is 45.1 Å². The molecule has 0 bridgehead atoms. The van der Waals surface area contributed by atoms with Crippen molar-refractivity contribution in [1.29, 1.82) is 0 Å². The highest BCUT2D eigenvalue weighted by atomic mass is 16.5. The molecule has 2 aromatic carbocycles. The van der Waals surface area contributed by atoms with Gasteiger partial charge in [0, 0.05) is 36.2 Å². The third-order valence-electron chi connectivity index (χ3n) is 5.93. The largest absolute Gasteiger partial charge is 0.493 e. The maximum absolute atomic E-state index is 12.8. The molecular formula is C25H30N2O3. The molecule has 1 aliphatic carbocycles. The number of nitrogens with one attached hydrogen (secondary N) is 1.